The third-order valence-corrected chi connectivity index (χ3v) is 3.87. The molecular weight excluding hydrogens is 323 g/mol. The smallest absolute Gasteiger partial charge is 0.267 e. The second kappa shape index (κ2) is 4.83. The summed E-state index contributed by atoms with van der Waals surface area (Å²) in [6, 6.07) is 9.99. The summed E-state index contributed by atoms with van der Waals surface area (Å²) >= 11 is 3.38. The minimum atomic E-state index is -0.291. The van der Waals surface area contributed by atoms with Gasteiger partial charge in [-0.25, -0.2) is 9.49 Å². The van der Waals surface area contributed by atoms with E-state index in [0.717, 1.165) is 16.5 Å². The Balaban J connectivity index is 2.41. The van der Waals surface area contributed by atoms with E-state index >= 15 is 0 Å². The van der Waals surface area contributed by atoms with Crippen LogP contribution in [0.25, 0.3) is 22.0 Å². The van der Waals surface area contributed by atoms with Crippen molar-refractivity contribution in [1.29, 1.82) is 0 Å². The molecular formula is C15H10BrFN2O. The van der Waals surface area contributed by atoms with Crippen molar-refractivity contribution in [2.45, 2.75) is 6.92 Å². The molecule has 0 aliphatic heterocycles. The van der Waals surface area contributed by atoms with E-state index in [4.69, 9.17) is 0 Å². The van der Waals surface area contributed by atoms with Crippen LogP contribution in [0.2, 0.25) is 0 Å². The van der Waals surface area contributed by atoms with Gasteiger partial charge in [0.15, 0.2) is 0 Å². The molecule has 1 aromatic heterocycles. The molecule has 0 spiro atoms. The quantitative estimate of drug-likeness (QED) is 0.736. The molecule has 0 atom stereocenters. The number of aromatic amines is 1. The highest BCUT2D eigenvalue weighted by atomic mass is 79.9. The van der Waals surface area contributed by atoms with Crippen molar-refractivity contribution < 1.29 is 4.39 Å². The minimum Gasteiger partial charge on any atom is -0.267 e. The Morgan fingerprint density at radius 2 is 2.05 bits per heavy atom. The Bertz CT molecular complexity index is 873. The van der Waals surface area contributed by atoms with Crippen LogP contribution in [0.5, 0.6) is 0 Å². The summed E-state index contributed by atoms with van der Waals surface area (Å²) < 4.78 is 13.9. The summed E-state index contributed by atoms with van der Waals surface area (Å²) in [5.41, 5.74) is 1.95. The number of aromatic nitrogens is 2. The molecule has 100 valence electrons. The molecule has 0 fully saturated rings. The predicted octanol–water partition coefficient (Wildman–Crippen LogP) is 3.80. The summed E-state index contributed by atoms with van der Waals surface area (Å²) in [5, 5.41) is 7.90. The van der Waals surface area contributed by atoms with Crippen molar-refractivity contribution >= 4 is 26.7 Å². The van der Waals surface area contributed by atoms with Gasteiger partial charge in [0.1, 0.15) is 5.82 Å². The van der Waals surface area contributed by atoms with Crippen LogP contribution in [0, 0.1) is 12.7 Å². The monoisotopic (exact) mass is 332 g/mol. The molecule has 20 heavy (non-hydrogen) atoms. The molecule has 1 N–H and O–H groups in total. The number of fused-ring (bicyclic) bond motifs is 1. The lowest BCUT2D eigenvalue weighted by molar-refractivity contribution is 0.627. The average Bonchev–Trinajstić information content (AvgIpc) is 2.40. The number of halogens is 2. The van der Waals surface area contributed by atoms with Gasteiger partial charge in [0.2, 0.25) is 0 Å². The first-order valence-corrected chi connectivity index (χ1v) is 6.80. The maximum absolute atomic E-state index is 13.2. The van der Waals surface area contributed by atoms with Crippen LogP contribution < -0.4 is 5.56 Å². The van der Waals surface area contributed by atoms with Crippen LogP contribution in [0.1, 0.15) is 5.56 Å². The number of hydrogen-bond donors (Lipinski definition) is 1. The van der Waals surface area contributed by atoms with Gasteiger partial charge in [0.25, 0.3) is 5.56 Å². The molecule has 0 radical (unpaired) electrons. The number of benzene rings is 2. The van der Waals surface area contributed by atoms with Crippen molar-refractivity contribution in [1.82, 2.24) is 10.2 Å². The molecule has 3 rings (SSSR count). The first-order valence-electron chi connectivity index (χ1n) is 6.01. The maximum atomic E-state index is 13.2. The summed E-state index contributed by atoms with van der Waals surface area (Å²) in [6.07, 6.45) is 0. The lowest BCUT2D eigenvalue weighted by Gasteiger charge is -2.08. The Labute approximate surface area is 122 Å². The molecule has 0 saturated carbocycles. The van der Waals surface area contributed by atoms with Gasteiger partial charge in [-0.2, -0.15) is 5.10 Å². The Morgan fingerprint density at radius 3 is 2.80 bits per heavy atom. The Hall–Kier alpha value is -2.01. The number of H-pyrrole nitrogens is 1. The van der Waals surface area contributed by atoms with Gasteiger partial charge in [-0.3, -0.25) is 4.79 Å². The predicted molar refractivity (Wildman–Crippen MR) is 80.2 cm³/mol. The Kier molecular flexibility index (Phi) is 3.14. The molecule has 2 aromatic carbocycles. The topological polar surface area (TPSA) is 45.8 Å². The fraction of sp³-hybridized carbons (Fsp3) is 0.0667. The van der Waals surface area contributed by atoms with Crippen LogP contribution in [-0.2, 0) is 0 Å². The van der Waals surface area contributed by atoms with Crippen LogP contribution in [0.4, 0.5) is 4.39 Å². The molecule has 3 nitrogen and oxygen atoms in total. The minimum absolute atomic E-state index is 0.254. The normalized spacial score (nSPS) is 10.9. The highest BCUT2D eigenvalue weighted by Gasteiger charge is 2.12. The van der Waals surface area contributed by atoms with Crippen molar-refractivity contribution in [2.24, 2.45) is 0 Å². The van der Waals surface area contributed by atoms with Crippen molar-refractivity contribution in [3.05, 3.63) is 62.6 Å². The molecule has 0 aliphatic carbocycles. The van der Waals surface area contributed by atoms with E-state index in [0.29, 0.717) is 15.6 Å². The molecule has 0 unspecified atom stereocenters. The van der Waals surface area contributed by atoms with Gasteiger partial charge < -0.3 is 0 Å². The number of nitrogens with zero attached hydrogens (tertiary/aromatic N) is 1. The lowest BCUT2D eigenvalue weighted by Crippen LogP contribution is -2.10. The van der Waals surface area contributed by atoms with Gasteiger partial charge in [-0.15, -0.1) is 0 Å². The van der Waals surface area contributed by atoms with Gasteiger partial charge in [-0.1, -0.05) is 12.1 Å². The summed E-state index contributed by atoms with van der Waals surface area (Å²) in [4.78, 5) is 11.9. The summed E-state index contributed by atoms with van der Waals surface area (Å²) in [6.45, 7) is 1.81. The first-order chi connectivity index (χ1) is 9.58. The second-order valence-corrected chi connectivity index (χ2v) is 5.38. The van der Waals surface area contributed by atoms with Crippen LogP contribution in [-0.4, -0.2) is 10.2 Å². The van der Waals surface area contributed by atoms with E-state index in [1.165, 1.54) is 12.1 Å². The second-order valence-electron chi connectivity index (χ2n) is 4.52. The SMILES string of the molecule is Cc1cc(F)ccc1-c1n[nH]c(=O)c2c(Br)cccc12. The van der Waals surface area contributed by atoms with Gasteiger partial charge in [0, 0.05) is 15.4 Å². The number of rotatable bonds is 1. The maximum Gasteiger partial charge on any atom is 0.273 e. The lowest BCUT2D eigenvalue weighted by atomic mass is 10.0. The van der Waals surface area contributed by atoms with Crippen LogP contribution in [0.3, 0.4) is 0 Å². The molecule has 0 amide bonds. The van der Waals surface area contributed by atoms with E-state index in [-0.39, 0.29) is 11.4 Å². The number of hydrogen-bond acceptors (Lipinski definition) is 2. The number of aryl methyl sites for hydroxylation is 1. The number of nitrogens with one attached hydrogen (secondary N) is 1. The molecule has 5 heteroatoms. The molecule has 0 saturated heterocycles. The average molecular weight is 333 g/mol. The Morgan fingerprint density at radius 1 is 1.25 bits per heavy atom. The fourth-order valence-electron chi connectivity index (χ4n) is 2.27. The molecule has 1 heterocycles. The van der Waals surface area contributed by atoms with Crippen LogP contribution >= 0.6 is 15.9 Å². The zero-order valence-electron chi connectivity index (χ0n) is 10.6. The van der Waals surface area contributed by atoms with Crippen molar-refractivity contribution in [3.63, 3.8) is 0 Å². The standard InChI is InChI=1S/C15H10BrFN2O/c1-8-7-9(17)5-6-10(8)14-11-3-2-4-12(16)13(11)15(20)19-18-14/h2-7H,1H3,(H,19,20). The molecule has 0 aliphatic rings. The molecule has 0 bridgehead atoms. The van der Waals surface area contributed by atoms with E-state index in [1.54, 1.807) is 12.1 Å². The third-order valence-electron chi connectivity index (χ3n) is 3.21. The molecule has 3 aromatic rings. The van der Waals surface area contributed by atoms with E-state index < -0.39 is 0 Å². The zero-order valence-corrected chi connectivity index (χ0v) is 12.2. The van der Waals surface area contributed by atoms with Crippen LogP contribution in [0.15, 0.2) is 45.7 Å². The van der Waals surface area contributed by atoms with Crippen molar-refractivity contribution in [2.75, 3.05) is 0 Å². The van der Waals surface area contributed by atoms with Crippen molar-refractivity contribution in [3.8, 4) is 11.3 Å². The highest BCUT2D eigenvalue weighted by Crippen LogP contribution is 2.30. The van der Waals surface area contributed by atoms with Gasteiger partial charge in [-0.05, 0) is 52.7 Å². The largest absolute Gasteiger partial charge is 0.273 e. The summed E-state index contributed by atoms with van der Waals surface area (Å²) in [5.74, 6) is -0.291. The third kappa shape index (κ3) is 2.04. The van der Waals surface area contributed by atoms with E-state index in [9.17, 15) is 9.18 Å². The fourth-order valence-corrected chi connectivity index (χ4v) is 2.82. The van der Waals surface area contributed by atoms with Gasteiger partial charge in [0.05, 0.1) is 11.1 Å². The summed E-state index contributed by atoms with van der Waals surface area (Å²) in [7, 11) is 0. The van der Waals surface area contributed by atoms with E-state index in [1.807, 2.05) is 19.1 Å². The highest BCUT2D eigenvalue weighted by molar-refractivity contribution is 9.10. The first kappa shape index (κ1) is 13.0. The zero-order chi connectivity index (χ0) is 14.3. The van der Waals surface area contributed by atoms with Gasteiger partial charge >= 0.3 is 0 Å². The van der Waals surface area contributed by atoms with E-state index in [2.05, 4.69) is 26.1 Å².